The highest BCUT2D eigenvalue weighted by Gasteiger charge is 2.25. The van der Waals surface area contributed by atoms with Gasteiger partial charge in [0.25, 0.3) is 10.2 Å². The van der Waals surface area contributed by atoms with Crippen LogP contribution in [0.15, 0.2) is 0 Å². The quantitative estimate of drug-likeness (QED) is 0.789. The van der Waals surface area contributed by atoms with Gasteiger partial charge in [0.15, 0.2) is 0 Å². The van der Waals surface area contributed by atoms with Gasteiger partial charge in [-0.15, -0.1) is 12.4 Å². The second-order valence-electron chi connectivity index (χ2n) is 4.61. The summed E-state index contributed by atoms with van der Waals surface area (Å²) in [5.74, 6) is 0. The molecule has 2 saturated heterocycles. The maximum Gasteiger partial charge on any atom is 0.279 e. The van der Waals surface area contributed by atoms with Gasteiger partial charge in [0.1, 0.15) is 0 Å². The first-order valence-electron chi connectivity index (χ1n) is 6.16. The molecular formula is C10H22ClN3O2S. The second-order valence-corrected chi connectivity index (χ2v) is 6.36. The van der Waals surface area contributed by atoms with Gasteiger partial charge < -0.3 is 5.32 Å². The van der Waals surface area contributed by atoms with Crippen LogP contribution in [0.1, 0.15) is 32.1 Å². The van der Waals surface area contributed by atoms with E-state index in [1.165, 1.54) is 0 Å². The van der Waals surface area contributed by atoms with Crippen molar-refractivity contribution in [3.8, 4) is 0 Å². The molecule has 0 aromatic rings. The molecule has 0 aromatic heterocycles. The highest BCUT2D eigenvalue weighted by Crippen LogP contribution is 2.12. The Morgan fingerprint density at radius 1 is 1.18 bits per heavy atom. The molecule has 17 heavy (non-hydrogen) atoms. The smallest absolute Gasteiger partial charge is 0.279 e. The average molecular weight is 284 g/mol. The summed E-state index contributed by atoms with van der Waals surface area (Å²) in [5, 5.41) is 3.29. The summed E-state index contributed by atoms with van der Waals surface area (Å²) in [6.45, 7) is 2.88. The maximum absolute atomic E-state index is 11.9. The molecule has 2 N–H and O–H groups in total. The van der Waals surface area contributed by atoms with Crippen molar-refractivity contribution in [1.29, 1.82) is 0 Å². The summed E-state index contributed by atoms with van der Waals surface area (Å²) in [4.78, 5) is 0. The van der Waals surface area contributed by atoms with Gasteiger partial charge in [-0.3, -0.25) is 0 Å². The van der Waals surface area contributed by atoms with Gasteiger partial charge in [0.2, 0.25) is 0 Å². The van der Waals surface area contributed by atoms with Crippen LogP contribution in [0.3, 0.4) is 0 Å². The van der Waals surface area contributed by atoms with E-state index in [2.05, 4.69) is 10.0 Å². The number of hydrogen-bond donors (Lipinski definition) is 2. The molecule has 1 atom stereocenters. The van der Waals surface area contributed by atoms with E-state index < -0.39 is 10.2 Å². The lowest BCUT2D eigenvalue weighted by Gasteiger charge is -2.26. The van der Waals surface area contributed by atoms with Crippen LogP contribution >= 0.6 is 12.4 Å². The van der Waals surface area contributed by atoms with Crippen molar-refractivity contribution in [2.45, 2.75) is 38.1 Å². The molecular weight excluding hydrogens is 262 g/mol. The van der Waals surface area contributed by atoms with E-state index in [0.29, 0.717) is 25.7 Å². The van der Waals surface area contributed by atoms with Crippen molar-refractivity contribution >= 4 is 22.6 Å². The van der Waals surface area contributed by atoms with Crippen LogP contribution in [0.2, 0.25) is 0 Å². The highest BCUT2D eigenvalue weighted by molar-refractivity contribution is 7.87. The van der Waals surface area contributed by atoms with Gasteiger partial charge in [-0.05, 0) is 32.2 Å². The van der Waals surface area contributed by atoms with Gasteiger partial charge in [-0.25, -0.2) is 4.72 Å². The van der Waals surface area contributed by atoms with E-state index in [4.69, 9.17) is 0 Å². The van der Waals surface area contributed by atoms with E-state index >= 15 is 0 Å². The largest absolute Gasteiger partial charge is 0.313 e. The fourth-order valence-electron chi connectivity index (χ4n) is 2.33. The molecule has 1 unspecified atom stereocenters. The predicted molar refractivity (Wildman–Crippen MR) is 70.6 cm³/mol. The predicted octanol–water partition coefficient (Wildman–Crippen LogP) is 0.480. The SMILES string of the molecule is Cl.O=S(=O)(NCC1CCCN1)N1CCCCC1. The third kappa shape index (κ3) is 4.37. The normalized spacial score (nSPS) is 26.7. The Hall–Kier alpha value is 0.120. The molecule has 0 amide bonds. The lowest BCUT2D eigenvalue weighted by atomic mass is 10.2. The molecule has 0 bridgehead atoms. The van der Waals surface area contributed by atoms with Crippen molar-refractivity contribution in [2.24, 2.45) is 0 Å². The standard InChI is InChI=1S/C10H21N3O2S.ClH/c14-16(15,13-7-2-1-3-8-13)12-9-10-5-4-6-11-10;/h10-12H,1-9H2;1H. The van der Waals surface area contributed by atoms with Crippen LogP contribution in [-0.4, -0.2) is 44.9 Å². The molecule has 0 aliphatic carbocycles. The first kappa shape index (κ1) is 15.2. The minimum absolute atomic E-state index is 0. The fraction of sp³-hybridized carbons (Fsp3) is 1.00. The average Bonchev–Trinajstić information content (AvgIpc) is 2.81. The number of piperidine rings is 1. The van der Waals surface area contributed by atoms with Crippen LogP contribution in [-0.2, 0) is 10.2 Å². The summed E-state index contributed by atoms with van der Waals surface area (Å²) >= 11 is 0. The highest BCUT2D eigenvalue weighted by atomic mass is 35.5. The number of nitrogens with zero attached hydrogens (tertiary/aromatic N) is 1. The molecule has 2 heterocycles. The lowest BCUT2D eigenvalue weighted by molar-refractivity contribution is 0.340. The number of hydrogen-bond acceptors (Lipinski definition) is 3. The summed E-state index contributed by atoms with van der Waals surface area (Å²) < 4.78 is 28.1. The van der Waals surface area contributed by atoms with Crippen LogP contribution < -0.4 is 10.0 Å². The molecule has 0 spiro atoms. The first-order valence-corrected chi connectivity index (χ1v) is 7.60. The van der Waals surface area contributed by atoms with E-state index in [1.54, 1.807) is 4.31 Å². The van der Waals surface area contributed by atoms with Crippen LogP contribution in [0.5, 0.6) is 0 Å². The number of halogens is 1. The molecule has 5 nitrogen and oxygen atoms in total. The van der Waals surface area contributed by atoms with Crippen molar-refractivity contribution in [1.82, 2.24) is 14.3 Å². The Labute approximate surface area is 110 Å². The molecule has 7 heteroatoms. The Bertz CT molecular complexity index is 312. The molecule has 2 aliphatic heterocycles. The topological polar surface area (TPSA) is 61.4 Å². The van der Waals surface area contributed by atoms with Gasteiger partial charge in [0.05, 0.1) is 0 Å². The zero-order valence-electron chi connectivity index (χ0n) is 10.0. The zero-order valence-corrected chi connectivity index (χ0v) is 11.7. The Morgan fingerprint density at radius 2 is 1.88 bits per heavy atom. The Morgan fingerprint density at radius 3 is 2.47 bits per heavy atom. The fourth-order valence-corrected chi connectivity index (χ4v) is 3.67. The number of rotatable bonds is 4. The molecule has 0 radical (unpaired) electrons. The van der Waals surface area contributed by atoms with Gasteiger partial charge in [-0.2, -0.15) is 12.7 Å². The Balaban J connectivity index is 0.00000144. The molecule has 2 aliphatic rings. The third-order valence-corrected chi connectivity index (χ3v) is 4.91. The van der Waals surface area contributed by atoms with Crippen molar-refractivity contribution in [3.05, 3.63) is 0 Å². The monoisotopic (exact) mass is 283 g/mol. The maximum atomic E-state index is 11.9. The van der Waals surface area contributed by atoms with Crippen molar-refractivity contribution < 1.29 is 8.42 Å². The first-order chi connectivity index (χ1) is 7.68. The molecule has 102 valence electrons. The van der Waals surface area contributed by atoms with Gasteiger partial charge >= 0.3 is 0 Å². The lowest BCUT2D eigenvalue weighted by Crippen LogP contribution is -2.46. The van der Waals surface area contributed by atoms with Crippen molar-refractivity contribution in [3.63, 3.8) is 0 Å². The molecule has 0 saturated carbocycles. The summed E-state index contributed by atoms with van der Waals surface area (Å²) in [7, 11) is -3.23. The van der Waals surface area contributed by atoms with E-state index in [-0.39, 0.29) is 12.4 Å². The summed E-state index contributed by atoms with van der Waals surface area (Å²) in [6, 6.07) is 0.319. The van der Waals surface area contributed by atoms with E-state index in [0.717, 1.165) is 38.6 Å². The molecule has 2 fully saturated rings. The van der Waals surface area contributed by atoms with Crippen LogP contribution in [0.4, 0.5) is 0 Å². The van der Waals surface area contributed by atoms with Crippen LogP contribution in [0.25, 0.3) is 0 Å². The minimum atomic E-state index is -3.23. The van der Waals surface area contributed by atoms with Gasteiger partial charge in [-0.1, -0.05) is 6.42 Å². The third-order valence-electron chi connectivity index (χ3n) is 3.33. The zero-order chi connectivity index (χ0) is 11.4. The molecule has 0 aromatic carbocycles. The van der Waals surface area contributed by atoms with Crippen molar-refractivity contribution in [2.75, 3.05) is 26.2 Å². The second kappa shape index (κ2) is 6.89. The summed E-state index contributed by atoms with van der Waals surface area (Å²) in [5.41, 5.74) is 0. The van der Waals surface area contributed by atoms with Crippen LogP contribution in [0, 0.1) is 0 Å². The van der Waals surface area contributed by atoms with Gasteiger partial charge in [0, 0.05) is 25.7 Å². The Kier molecular flexibility index (Phi) is 6.16. The number of nitrogens with one attached hydrogen (secondary N) is 2. The van der Waals surface area contributed by atoms with E-state index in [9.17, 15) is 8.42 Å². The molecule has 2 rings (SSSR count). The minimum Gasteiger partial charge on any atom is -0.313 e. The van der Waals surface area contributed by atoms with E-state index in [1.807, 2.05) is 0 Å². The summed E-state index contributed by atoms with van der Waals surface area (Å²) in [6.07, 6.45) is 5.35.